The predicted molar refractivity (Wildman–Crippen MR) is 187 cm³/mol. The van der Waals surface area contributed by atoms with E-state index >= 15 is 0 Å². The van der Waals surface area contributed by atoms with Gasteiger partial charge in [-0.05, 0) is 80.1 Å². The van der Waals surface area contributed by atoms with Crippen LogP contribution in [0.3, 0.4) is 0 Å². The Bertz CT molecular complexity index is 1590. The van der Waals surface area contributed by atoms with Crippen LogP contribution in [0, 0.1) is 10.1 Å². The number of aryl methyl sites for hydroxylation is 1. The molecule has 2 N–H and O–H groups in total. The maximum absolute atomic E-state index is 12.9. The third-order valence-corrected chi connectivity index (χ3v) is 8.15. The molecular formula is C38H46N4O5. The quantitative estimate of drug-likeness (QED) is 0.0285. The van der Waals surface area contributed by atoms with Gasteiger partial charge in [-0.15, -0.1) is 0 Å². The minimum Gasteiger partial charge on any atom is -0.484 e. The normalized spacial score (nSPS) is 11.6. The highest BCUT2D eigenvalue weighted by molar-refractivity contribution is 5.92. The number of rotatable bonds is 18. The van der Waals surface area contributed by atoms with Crippen molar-refractivity contribution < 1.29 is 19.2 Å². The number of hydrogen-bond donors (Lipinski definition) is 1. The molecule has 3 aromatic carbocycles. The van der Waals surface area contributed by atoms with Gasteiger partial charge >= 0.3 is 11.7 Å². The number of hydrogen-bond acceptors (Lipinski definition) is 8. The molecule has 0 radical (unpaired) electrons. The second-order valence-electron chi connectivity index (χ2n) is 12.0. The van der Waals surface area contributed by atoms with Gasteiger partial charge in [-0.2, -0.15) is 0 Å². The van der Waals surface area contributed by atoms with E-state index in [4.69, 9.17) is 15.2 Å². The number of nitrogens with two attached hydrogens (primary N) is 1. The summed E-state index contributed by atoms with van der Waals surface area (Å²) in [6, 6.07) is 16.6. The van der Waals surface area contributed by atoms with E-state index in [-0.39, 0.29) is 17.5 Å². The summed E-state index contributed by atoms with van der Waals surface area (Å²) in [6.07, 6.45) is 15.9. The molecule has 0 fully saturated rings. The number of aromatic nitrogens is 2. The number of nitro groups is 1. The second kappa shape index (κ2) is 17.8. The van der Waals surface area contributed by atoms with Crippen molar-refractivity contribution in [2.45, 2.75) is 97.5 Å². The van der Waals surface area contributed by atoms with E-state index in [2.05, 4.69) is 23.8 Å². The summed E-state index contributed by atoms with van der Waals surface area (Å²) in [5.41, 5.74) is 9.93. The fourth-order valence-corrected chi connectivity index (χ4v) is 5.39. The molecule has 0 saturated carbocycles. The maximum Gasteiger partial charge on any atom is 0.343 e. The van der Waals surface area contributed by atoms with Gasteiger partial charge in [-0.25, -0.2) is 14.8 Å². The van der Waals surface area contributed by atoms with Gasteiger partial charge in [0.2, 0.25) is 0 Å². The summed E-state index contributed by atoms with van der Waals surface area (Å²) < 4.78 is 11.5. The monoisotopic (exact) mass is 638 g/mol. The lowest BCUT2D eigenvalue weighted by Crippen LogP contribution is -2.13. The van der Waals surface area contributed by atoms with Gasteiger partial charge in [0.15, 0.2) is 11.6 Å². The van der Waals surface area contributed by atoms with Crippen molar-refractivity contribution in [1.29, 1.82) is 0 Å². The number of nitrogens with zero attached hydrogens (tertiary/aromatic N) is 3. The van der Waals surface area contributed by atoms with Gasteiger partial charge in [0, 0.05) is 41.3 Å². The van der Waals surface area contributed by atoms with Crippen molar-refractivity contribution in [1.82, 2.24) is 9.97 Å². The molecule has 1 atom stereocenters. The van der Waals surface area contributed by atoms with Crippen LogP contribution in [0.4, 0.5) is 11.4 Å². The summed E-state index contributed by atoms with van der Waals surface area (Å²) >= 11 is 0. The van der Waals surface area contributed by atoms with Gasteiger partial charge in [-0.1, -0.05) is 70.9 Å². The topological polar surface area (TPSA) is 130 Å². The average molecular weight is 639 g/mol. The highest BCUT2D eigenvalue weighted by Crippen LogP contribution is 2.38. The molecule has 0 spiro atoms. The maximum atomic E-state index is 12.9. The molecule has 1 heterocycles. The Morgan fingerprint density at radius 3 is 2.11 bits per heavy atom. The fourth-order valence-electron chi connectivity index (χ4n) is 5.39. The summed E-state index contributed by atoms with van der Waals surface area (Å²) in [4.78, 5) is 33.4. The second-order valence-corrected chi connectivity index (χ2v) is 12.0. The van der Waals surface area contributed by atoms with Crippen LogP contribution < -0.4 is 15.2 Å². The zero-order valence-electron chi connectivity index (χ0n) is 27.7. The molecule has 47 heavy (non-hydrogen) atoms. The van der Waals surface area contributed by atoms with Crippen molar-refractivity contribution >= 4 is 17.3 Å². The average Bonchev–Trinajstić information content (AvgIpc) is 3.07. The number of carbonyl (C=O) groups is 1. The number of benzene rings is 3. The zero-order valence-corrected chi connectivity index (χ0v) is 27.7. The summed E-state index contributed by atoms with van der Waals surface area (Å²) in [5.74, 6) is 0.632. The standard InChI is InChI=1S/C38H46N4O5/c1-4-6-8-10-12-14-28-25-40-37(41-26-28)30-19-21-32(22-20-30)47-38(43)31-17-15-29(16-18-31)33-23-35(42(44)45)36(24-34(33)39)46-27(3)13-11-9-7-5-2/h15-27H,4-14,39H2,1-3H3/t27-/m1/s1. The highest BCUT2D eigenvalue weighted by Gasteiger charge is 2.21. The zero-order chi connectivity index (χ0) is 33.6. The molecule has 0 bridgehead atoms. The van der Waals surface area contributed by atoms with Crippen molar-refractivity contribution in [3.63, 3.8) is 0 Å². The largest absolute Gasteiger partial charge is 0.484 e. The molecule has 4 aromatic rings. The lowest BCUT2D eigenvalue weighted by molar-refractivity contribution is -0.386. The number of carbonyl (C=O) groups excluding carboxylic acids is 1. The molecule has 4 rings (SSSR count). The third kappa shape index (κ3) is 10.4. The summed E-state index contributed by atoms with van der Waals surface area (Å²) in [5, 5.41) is 11.9. The number of nitro benzene ring substituents is 1. The molecule has 0 aliphatic heterocycles. The molecule has 1 aromatic heterocycles. The lowest BCUT2D eigenvalue weighted by Gasteiger charge is -2.16. The fraction of sp³-hybridized carbons (Fsp3) is 0.395. The number of anilines is 1. The minimum atomic E-state index is -0.528. The van der Waals surface area contributed by atoms with Crippen LogP contribution in [0.2, 0.25) is 0 Å². The van der Waals surface area contributed by atoms with E-state index in [0.717, 1.165) is 56.1 Å². The third-order valence-electron chi connectivity index (χ3n) is 8.15. The summed E-state index contributed by atoms with van der Waals surface area (Å²) in [7, 11) is 0. The van der Waals surface area contributed by atoms with Crippen LogP contribution >= 0.6 is 0 Å². The van der Waals surface area contributed by atoms with Crippen molar-refractivity contribution in [3.8, 4) is 34.0 Å². The van der Waals surface area contributed by atoms with E-state index in [1.807, 2.05) is 31.5 Å². The van der Waals surface area contributed by atoms with Gasteiger partial charge in [0.25, 0.3) is 0 Å². The van der Waals surface area contributed by atoms with E-state index in [1.54, 1.807) is 36.4 Å². The van der Waals surface area contributed by atoms with Gasteiger partial charge in [0.1, 0.15) is 5.75 Å². The Kier molecular flexibility index (Phi) is 13.3. The Labute approximate surface area is 277 Å². The Morgan fingerprint density at radius 1 is 0.851 bits per heavy atom. The molecule has 0 aliphatic carbocycles. The lowest BCUT2D eigenvalue weighted by atomic mass is 10.0. The van der Waals surface area contributed by atoms with Crippen LogP contribution in [0.5, 0.6) is 11.5 Å². The first kappa shape index (κ1) is 35.1. The molecule has 0 unspecified atom stereocenters. The first-order chi connectivity index (χ1) is 22.8. The Hall–Kier alpha value is -4.79. The van der Waals surface area contributed by atoms with Crippen LogP contribution in [0.1, 0.15) is 101 Å². The number of nitrogen functional groups attached to an aromatic ring is 1. The minimum absolute atomic E-state index is 0.152. The number of ether oxygens (including phenoxy) is 2. The van der Waals surface area contributed by atoms with Gasteiger partial charge < -0.3 is 15.2 Å². The first-order valence-electron chi connectivity index (χ1n) is 16.8. The Morgan fingerprint density at radius 2 is 1.47 bits per heavy atom. The number of unbranched alkanes of at least 4 members (excludes halogenated alkanes) is 7. The number of esters is 1. The van der Waals surface area contributed by atoms with Crippen LogP contribution in [-0.4, -0.2) is 27.0 Å². The summed E-state index contributed by atoms with van der Waals surface area (Å²) in [6.45, 7) is 6.28. The van der Waals surface area contributed by atoms with Crippen molar-refractivity contribution in [2.75, 3.05) is 5.73 Å². The van der Waals surface area contributed by atoms with E-state index in [9.17, 15) is 14.9 Å². The molecule has 9 heteroatoms. The van der Waals surface area contributed by atoms with E-state index in [1.165, 1.54) is 37.8 Å². The van der Waals surface area contributed by atoms with E-state index < -0.39 is 10.9 Å². The molecule has 0 aliphatic rings. The van der Waals surface area contributed by atoms with Crippen LogP contribution in [0.15, 0.2) is 73.1 Å². The smallest absolute Gasteiger partial charge is 0.343 e. The molecule has 248 valence electrons. The van der Waals surface area contributed by atoms with Crippen molar-refractivity contribution in [2.24, 2.45) is 0 Å². The highest BCUT2D eigenvalue weighted by atomic mass is 16.6. The van der Waals surface area contributed by atoms with Gasteiger partial charge in [0.05, 0.1) is 16.6 Å². The Balaban J connectivity index is 1.36. The molecule has 9 nitrogen and oxygen atoms in total. The molecule has 0 saturated heterocycles. The SMILES string of the molecule is CCCCCCCc1cnc(-c2ccc(OC(=O)c3ccc(-c4cc([N+](=O)[O-])c(O[C@H](C)CCCCCC)cc4N)cc3)cc2)nc1. The van der Waals surface area contributed by atoms with Gasteiger partial charge in [-0.3, -0.25) is 10.1 Å². The molecule has 0 amide bonds. The van der Waals surface area contributed by atoms with Crippen LogP contribution in [0.25, 0.3) is 22.5 Å². The van der Waals surface area contributed by atoms with Crippen molar-refractivity contribution in [3.05, 3.63) is 94.3 Å². The van der Waals surface area contributed by atoms with Crippen LogP contribution in [-0.2, 0) is 6.42 Å². The first-order valence-corrected chi connectivity index (χ1v) is 16.8. The molecular weight excluding hydrogens is 592 g/mol. The predicted octanol–water partition coefficient (Wildman–Crippen LogP) is 9.77. The van der Waals surface area contributed by atoms with E-state index in [0.29, 0.717) is 34.0 Å².